The summed E-state index contributed by atoms with van der Waals surface area (Å²) in [6.07, 6.45) is -4.36. The van der Waals surface area contributed by atoms with Crippen LogP contribution in [0.5, 0.6) is 0 Å². The number of benzene rings is 1. The van der Waals surface area contributed by atoms with Gasteiger partial charge in [-0.1, -0.05) is 12.1 Å². The fourth-order valence-electron chi connectivity index (χ4n) is 2.78. The van der Waals surface area contributed by atoms with Crippen LogP contribution in [-0.4, -0.2) is 74.6 Å². The summed E-state index contributed by atoms with van der Waals surface area (Å²) in [6, 6.07) is 4.93. The maximum absolute atomic E-state index is 12.6. The second-order valence-electron chi connectivity index (χ2n) is 6.35. The third-order valence-electron chi connectivity index (χ3n) is 4.28. The number of aliphatic imine (C=N–C) groups is 1. The lowest BCUT2D eigenvalue weighted by molar-refractivity contribution is -0.137. The van der Waals surface area contributed by atoms with Gasteiger partial charge in [0.2, 0.25) is 10.0 Å². The first-order valence-electron chi connectivity index (χ1n) is 8.77. The molecule has 6 nitrogen and oxygen atoms in total. The molecule has 1 aromatic carbocycles. The predicted molar refractivity (Wildman–Crippen MR) is 122 cm³/mol. The first-order valence-corrected chi connectivity index (χ1v) is 11.5. The van der Waals surface area contributed by atoms with Gasteiger partial charge in [-0.2, -0.15) is 24.9 Å². The van der Waals surface area contributed by atoms with Crippen LogP contribution < -0.4 is 5.32 Å². The van der Waals surface area contributed by atoms with E-state index in [-0.39, 0.29) is 36.3 Å². The minimum atomic E-state index is -4.36. The maximum Gasteiger partial charge on any atom is 0.416 e. The molecule has 1 aliphatic heterocycles. The first kappa shape index (κ1) is 26.3. The number of sulfonamides is 1. The third-order valence-corrected chi connectivity index (χ3v) is 7.10. The molecule has 0 atom stereocenters. The van der Waals surface area contributed by atoms with Crippen molar-refractivity contribution in [2.75, 3.05) is 51.0 Å². The SMILES string of the molecule is CN=C(NCCS(=O)(=O)N1CCSCC1)N(C)Cc1ccc(C(F)(F)F)cc1.I. The molecule has 0 unspecified atom stereocenters. The Morgan fingerprint density at radius 1 is 1.24 bits per heavy atom. The van der Waals surface area contributed by atoms with E-state index < -0.39 is 21.8 Å². The average molecular weight is 566 g/mol. The molecule has 166 valence electrons. The molecule has 1 aliphatic rings. The molecule has 1 aromatic rings. The number of thioether (sulfide) groups is 1. The van der Waals surface area contributed by atoms with Gasteiger partial charge in [-0.3, -0.25) is 4.99 Å². The van der Waals surface area contributed by atoms with E-state index in [1.54, 1.807) is 30.8 Å². The molecule has 0 saturated carbocycles. The zero-order valence-corrected chi connectivity index (χ0v) is 20.2. The average Bonchev–Trinajstić information content (AvgIpc) is 2.65. The van der Waals surface area contributed by atoms with E-state index in [9.17, 15) is 21.6 Å². The van der Waals surface area contributed by atoms with Gasteiger partial charge in [0.05, 0.1) is 11.3 Å². The van der Waals surface area contributed by atoms with E-state index in [0.717, 1.165) is 23.6 Å². The fourth-order valence-corrected chi connectivity index (χ4v) is 5.27. The van der Waals surface area contributed by atoms with Gasteiger partial charge < -0.3 is 10.2 Å². The number of guanidine groups is 1. The molecule has 0 radical (unpaired) electrons. The number of halogens is 4. The summed E-state index contributed by atoms with van der Waals surface area (Å²) in [5, 5.41) is 3.01. The van der Waals surface area contributed by atoms with Crippen molar-refractivity contribution in [1.82, 2.24) is 14.5 Å². The van der Waals surface area contributed by atoms with Crippen LogP contribution in [0.25, 0.3) is 0 Å². The van der Waals surface area contributed by atoms with E-state index in [0.29, 0.717) is 31.2 Å². The number of hydrogen-bond acceptors (Lipinski definition) is 4. The lowest BCUT2D eigenvalue weighted by Gasteiger charge is -2.26. The summed E-state index contributed by atoms with van der Waals surface area (Å²) in [4.78, 5) is 5.84. The highest BCUT2D eigenvalue weighted by molar-refractivity contribution is 14.0. The molecule has 0 aromatic heterocycles. The van der Waals surface area contributed by atoms with Crippen molar-refractivity contribution in [3.8, 4) is 0 Å². The van der Waals surface area contributed by atoms with Crippen LogP contribution in [0.2, 0.25) is 0 Å². The molecule has 0 bridgehead atoms. The number of hydrogen-bond donors (Lipinski definition) is 1. The molecule has 1 heterocycles. The smallest absolute Gasteiger partial charge is 0.355 e. The van der Waals surface area contributed by atoms with E-state index in [1.807, 2.05) is 0 Å². The zero-order valence-electron chi connectivity index (χ0n) is 16.3. The summed E-state index contributed by atoms with van der Waals surface area (Å²) in [7, 11) is -0.00231. The van der Waals surface area contributed by atoms with Gasteiger partial charge in [-0.05, 0) is 17.7 Å². The van der Waals surface area contributed by atoms with Crippen molar-refractivity contribution < 1.29 is 21.6 Å². The molecule has 0 amide bonds. The van der Waals surface area contributed by atoms with Gasteiger partial charge in [0.1, 0.15) is 0 Å². The van der Waals surface area contributed by atoms with Crippen molar-refractivity contribution in [3.63, 3.8) is 0 Å². The topological polar surface area (TPSA) is 65.0 Å². The highest BCUT2D eigenvalue weighted by atomic mass is 127. The van der Waals surface area contributed by atoms with Crippen molar-refractivity contribution in [2.45, 2.75) is 12.7 Å². The molecule has 1 N–H and O–H groups in total. The fraction of sp³-hybridized carbons (Fsp3) is 0.588. The van der Waals surface area contributed by atoms with Crippen LogP contribution >= 0.6 is 35.7 Å². The standard InChI is InChI=1S/C17H25F3N4O2S2.HI/c1-21-16(22-7-12-28(25,26)24-8-10-27-11-9-24)23(2)13-14-3-5-15(6-4-14)17(18,19)20;/h3-6H,7-13H2,1-2H3,(H,21,22);1H. The highest BCUT2D eigenvalue weighted by Gasteiger charge is 2.30. The molecular weight excluding hydrogens is 540 g/mol. The minimum absolute atomic E-state index is 0. The summed E-state index contributed by atoms with van der Waals surface area (Å²) in [5.74, 6) is 2.06. The van der Waals surface area contributed by atoms with E-state index in [1.165, 1.54) is 16.4 Å². The molecule has 2 rings (SSSR count). The molecule has 29 heavy (non-hydrogen) atoms. The van der Waals surface area contributed by atoms with E-state index in [4.69, 9.17) is 0 Å². The lowest BCUT2D eigenvalue weighted by atomic mass is 10.1. The molecule has 0 aliphatic carbocycles. The van der Waals surface area contributed by atoms with Crippen LogP contribution in [0.4, 0.5) is 13.2 Å². The molecule has 0 spiro atoms. The first-order chi connectivity index (χ1) is 13.1. The van der Waals surface area contributed by atoms with Crippen LogP contribution in [0.15, 0.2) is 29.3 Å². The van der Waals surface area contributed by atoms with E-state index in [2.05, 4.69) is 10.3 Å². The molecule has 12 heteroatoms. The van der Waals surface area contributed by atoms with Gasteiger partial charge in [0.25, 0.3) is 0 Å². The van der Waals surface area contributed by atoms with Crippen molar-refractivity contribution in [3.05, 3.63) is 35.4 Å². The Hall–Kier alpha value is -0.730. The summed E-state index contributed by atoms with van der Waals surface area (Å²) < 4.78 is 64.2. The van der Waals surface area contributed by atoms with Crippen molar-refractivity contribution in [1.29, 1.82) is 0 Å². The largest absolute Gasteiger partial charge is 0.416 e. The Morgan fingerprint density at radius 3 is 2.34 bits per heavy atom. The molecular formula is C17H26F3IN4O2S2. The predicted octanol–water partition coefficient (Wildman–Crippen LogP) is 2.71. The summed E-state index contributed by atoms with van der Waals surface area (Å²) >= 11 is 1.74. The Labute approximate surface area is 191 Å². The van der Waals surface area contributed by atoms with Gasteiger partial charge in [-0.25, -0.2) is 12.7 Å². The second kappa shape index (κ2) is 11.6. The number of nitrogens with zero attached hydrogens (tertiary/aromatic N) is 3. The number of rotatable bonds is 6. The Kier molecular flexibility index (Phi) is 10.5. The number of alkyl halides is 3. The monoisotopic (exact) mass is 566 g/mol. The van der Waals surface area contributed by atoms with Crippen LogP contribution in [-0.2, 0) is 22.7 Å². The van der Waals surface area contributed by atoms with Crippen LogP contribution in [0, 0.1) is 0 Å². The Balaban J connectivity index is 0.00000420. The van der Waals surface area contributed by atoms with Crippen LogP contribution in [0.1, 0.15) is 11.1 Å². The van der Waals surface area contributed by atoms with Gasteiger partial charge in [0, 0.05) is 51.8 Å². The summed E-state index contributed by atoms with van der Waals surface area (Å²) in [6.45, 7) is 1.62. The Bertz CT molecular complexity index is 768. The minimum Gasteiger partial charge on any atom is -0.355 e. The molecule has 1 fully saturated rings. The van der Waals surface area contributed by atoms with Gasteiger partial charge in [0.15, 0.2) is 5.96 Å². The van der Waals surface area contributed by atoms with Crippen LogP contribution in [0.3, 0.4) is 0 Å². The Morgan fingerprint density at radius 2 is 1.83 bits per heavy atom. The van der Waals surface area contributed by atoms with Gasteiger partial charge >= 0.3 is 6.18 Å². The normalized spacial score (nSPS) is 16.2. The van der Waals surface area contributed by atoms with E-state index >= 15 is 0 Å². The van der Waals surface area contributed by atoms with Gasteiger partial charge in [-0.15, -0.1) is 24.0 Å². The maximum atomic E-state index is 12.6. The highest BCUT2D eigenvalue weighted by Crippen LogP contribution is 2.29. The van der Waals surface area contributed by atoms with Crippen molar-refractivity contribution >= 4 is 51.7 Å². The lowest BCUT2D eigenvalue weighted by Crippen LogP contribution is -2.44. The quantitative estimate of drug-likeness (QED) is 0.326. The summed E-state index contributed by atoms with van der Waals surface area (Å²) in [5.41, 5.74) is -0.000354. The van der Waals surface area contributed by atoms with Crippen molar-refractivity contribution in [2.24, 2.45) is 4.99 Å². The molecule has 1 saturated heterocycles. The third kappa shape index (κ3) is 8.13. The number of nitrogens with one attached hydrogen (secondary N) is 1. The second-order valence-corrected chi connectivity index (χ2v) is 9.67. The zero-order chi connectivity index (χ0) is 20.8.